The van der Waals surface area contributed by atoms with Crippen LogP contribution < -0.4 is 0 Å². The molecule has 4 atom stereocenters. The van der Waals surface area contributed by atoms with E-state index in [0.717, 1.165) is 0 Å². The van der Waals surface area contributed by atoms with Crippen molar-refractivity contribution < 1.29 is 27.9 Å². The molecule has 0 unspecified atom stereocenters. The average molecular weight is 407 g/mol. The maximum atomic E-state index is 13.2. The molecule has 1 aromatic carbocycles. The molecule has 0 saturated carbocycles. The van der Waals surface area contributed by atoms with E-state index in [2.05, 4.69) is 0 Å². The Bertz CT molecular complexity index is 923. The van der Waals surface area contributed by atoms with E-state index in [-0.39, 0.29) is 59.8 Å². The number of nitrogens with zero attached hydrogens (tertiary/aromatic N) is 1. The Kier molecular flexibility index (Phi) is 5.63. The van der Waals surface area contributed by atoms with Crippen molar-refractivity contribution in [2.24, 2.45) is 23.7 Å². The van der Waals surface area contributed by atoms with Crippen molar-refractivity contribution in [2.45, 2.75) is 25.7 Å². The van der Waals surface area contributed by atoms with Gasteiger partial charge in [-0.05, 0) is 49.3 Å². The molecular formula is C20H25NO6S. The second kappa shape index (κ2) is 7.67. The third-order valence-corrected chi connectivity index (χ3v) is 7.65. The van der Waals surface area contributed by atoms with Gasteiger partial charge in [-0.1, -0.05) is 25.1 Å². The molecule has 1 heterocycles. The molecule has 3 rings (SSSR count). The van der Waals surface area contributed by atoms with Crippen LogP contribution in [0.5, 0.6) is 0 Å². The SMILES string of the molecule is CCOC(=O)[C@@H]1[C@H]2CN(S(=O)(=O)c3cc(C(=O)O)ccc3C)C[C@@H]2C=C[C@@H]1C. The van der Waals surface area contributed by atoms with Crippen LogP contribution in [0.25, 0.3) is 0 Å². The molecular weight excluding hydrogens is 382 g/mol. The first-order valence-electron chi connectivity index (χ1n) is 9.35. The number of fused-ring (bicyclic) bond motifs is 1. The quantitative estimate of drug-likeness (QED) is 0.594. The Labute approximate surface area is 165 Å². The molecule has 2 aliphatic rings. The summed E-state index contributed by atoms with van der Waals surface area (Å²) in [6.45, 7) is 6.09. The van der Waals surface area contributed by atoms with Crippen LogP contribution in [-0.2, 0) is 19.6 Å². The maximum absolute atomic E-state index is 13.2. The van der Waals surface area contributed by atoms with Gasteiger partial charge in [0.05, 0.1) is 23.0 Å². The van der Waals surface area contributed by atoms with Crippen molar-refractivity contribution >= 4 is 22.0 Å². The van der Waals surface area contributed by atoms with Crippen molar-refractivity contribution in [1.29, 1.82) is 0 Å². The minimum absolute atomic E-state index is 0.00393. The molecule has 0 bridgehead atoms. The van der Waals surface area contributed by atoms with Gasteiger partial charge in [0, 0.05) is 13.1 Å². The molecule has 28 heavy (non-hydrogen) atoms. The zero-order valence-electron chi connectivity index (χ0n) is 16.2. The highest BCUT2D eigenvalue weighted by atomic mass is 32.2. The van der Waals surface area contributed by atoms with E-state index in [1.807, 2.05) is 19.1 Å². The summed E-state index contributed by atoms with van der Waals surface area (Å²) in [5, 5.41) is 9.21. The van der Waals surface area contributed by atoms with Crippen molar-refractivity contribution in [3.63, 3.8) is 0 Å². The van der Waals surface area contributed by atoms with E-state index in [1.165, 1.54) is 22.5 Å². The summed E-state index contributed by atoms with van der Waals surface area (Å²) in [5.41, 5.74) is 0.421. The fraction of sp³-hybridized carbons (Fsp3) is 0.500. The van der Waals surface area contributed by atoms with Crippen LogP contribution in [0.1, 0.15) is 29.8 Å². The van der Waals surface area contributed by atoms with Crippen molar-refractivity contribution in [2.75, 3.05) is 19.7 Å². The molecule has 8 heteroatoms. The summed E-state index contributed by atoms with van der Waals surface area (Å²) in [7, 11) is -3.88. The van der Waals surface area contributed by atoms with Gasteiger partial charge < -0.3 is 9.84 Å². The Hall–Kier alpha value is -2.19. The third-order valence-electron chi connectivity index (χ3n) is 5.68. The number of rotatable bonds is 5. The molecule has 1 aromatic rings. The van der Waals surface area contributed by atoms with Gasteiger partial charge in [-0.15, -0.1) is 0 Å². The first kappa shape index (κ1) is 20.5. The van der Waals surface area contributed by atoms with E-state index >= 15 is 0 Å². The van der Waals surface area contributed by atoms with Gasteiger partial charge in [-0.2, -0.15) is 4.31 Å². The predicted octanol–water partition coefficient (Wildman–Crippen LogP) is 2.32. The lowest BCUT2D eigenvalue weighted by Gasteiger charge is -2.32. The number of carboxylic acid groups (broad SMARTS) is 1. The Morgan fingerprint density at radius 1 is 1.25 bits per heavy atom. The number of carbonyl (C=O) groups is 2. The molecule has 1 N–H and O–H groups in total. The molecule has 1 fully saturated rings. The standard InChI is InChI=1S/C20H25NO6S/c1-4-27-20(24)18-13(3)6-8-15-10-21(11-16(15)18)28(25,26)17-9-14(19(22)23)7-5-12(17)2/h5-9,13,15-16,18H,4,10-11H2,1-3H3,(H,22,23)/t13-,15-,16-,18-/m0/s1. The van der Waals surface area contributed by atoms with Crippen molar-refractivity contribution in [3.05, 3.63) is 41.5 Å². The van der Waals surface area contributed by atoms with E-state index in [0.29, 0.717) is 5.56 Å². The molecule has 1 aliphatic heterocycles. The zero-order valence-corrected chi connectivity index (χ0v) is 17.0. The van der Waals surface area contributed by atoms with Crippen LogP contribution in [0, 0.1) is 30.6 Å². The van der Waals surface area contributed by atoms with Gasteiger partial charge in [0.2, 0.25) is 10.0 Å². The lowest BCUT2D eigenvalue weighted by Crippen LogP contribution is -2.37. The summed E-state index contributed by atoms with van der Waals surface area (Å²) in [6, 6.07) is 4.10. The van der Waals surface area contributed by atoms with Gasteiger partial charge in [0.25, 0.3) is 0 Å². The van der Waals surface area contributed by atoms with Gasteiger partial charge in [-0.3, -0.25) is 4.79 Å². The van der Waals surface area contributed by atoms with Gasteiger partial charge >= 0.3 is 11.9 Å². The summed E-state index contributed by atoms with van der Waals surface area (Å²) in [5.74, 6) is -2.11. The fourth-order valence-electron chi connectivity index (χ4n) is 4.20. The molecule has 0 spiro atoms. The van der Waals surface area contributed by atoms with Crippen LogP contribution >= 0.6 is 0 Å². The smallest absolute Gasteiger partial charge is 0.335 e. The van der Waals surface area contributed by atoms with Crippen LogP contribution in [0.3, 0.4) is 0 Å². The van der Waals surface area contributed by atoms with E-state index in [4.69, 9.17) is 4.74 Å². The molecule has 0 amide bonds. The average Bonchev–Trinajstić information content (AvgIpc) is 3.06. The lowest BCUT2D eigenvalue weighted by molar-refractivity contribution is -0.152. The predicted molar refractivity (Wildman–Crippen MR) is 102 cm³/mol. The summed E-state index contributed by atoms with van der Waals surface area (Å²) in [4.78, 5) is 23.7. The number of hydrogen-bond donors (Lipinski definition) is 1. The fourth-order valence-corrected chi connectivity index (χ4v) is 5.97. The lowest BCUT2D eigenvalue weighted by atomic mass is 9.73. The van der Waals surface area contributed by atoms with Crippen LogP contribution in [0.4, 0.5) is 0 Å². The number of ether oxygens (including phenoxy) is 1. The number of hydrogen-bond acceptors (Lipinski definition) is 5. The Morgan fingerprint density at radius 3 is 2.61 bits per heavy atom. The monoisotopic (exact) mass is 407 g/mol. The highest BCUT2D eigenvalue weighted by Crippen LogP contribution is 2.41. The van der Waals surface area contributed by atoms with Crippen molar-refractivity contribution in [1.82, 2.24) is 4.31 Å². The number of sulfonamides is 1. The molecule has 7 nitrogen and oxygen atoms in total. The number of benzene rings is 1. The van der Waals surface area contributed by atoms with E-state index in [9.17, 15) is 23.1 Å². The Morgan fingerprint density at radius 2 is 1.96 bits per heavy atom. The third kappa shape index (κ3) is 3.58. The highest BCUT2D eigenvalue weighted by molar-refractivity contribution is 7.89. The molecule has 0 radical (unpaired) electrons. The second-order valence-corrected chi connectivity index (χ2v) is 9.36. The normalized spacial score (nSPS) is 27.4. The van der Waals surface area contributed by atoms with Crippen LogP contribution in [0.2, 0.25) is 0 Å². The minimum atomic E-state index is -3.88. The van der Waals surface area contributed by atoms with Crippen molar-refractivity contribution in [3.8, 4) is 0 Å². The number of carbonyl (C=O) groups excluding carboxylic acids is 1. The second-order valence-electron chi connectivity index (χ2n) is 7.46. The summed E-state index contributed by atoms with van der Waals surface area (Å²) in [6.07, 6.45) is 3.94. The molecule has 1 saturated heterocycles. The largest absolute Gasteiger partial charge is 0.478 e. The first-order chi connectivity index (χ1) is 13.2. The maximum Gasteiger partial charge on any atom is 0.335 e. The summed E-state index contributed by atoms with van der Waals surface area (Å²) >= 11 is 0. The number of esters is 1. The number of carboxylic acids is 1. The van der Waals surface area contributed by atoms with Gasteiger partial charge in [0.1, 0.15) is 0 Å². The number of aromatic carboxylic acids is 1. The topological polar surface area (TPSA) is 101 Å². The van der Waals surface area contributed by atoms with E-state index < -0.39 is 16.0 Å². The molecule has 0 aromatic heterocycles. The Balaban J connectivity index is 1.92. The zero-order chi connectivity index (χ0) is 20.6. The van der Waals surface area contributed by atoms with E-state index in [1.54, 1.807) is 13.8 Å². The van der Waals surface area contributed by atoms with Gasteiger partial charge in [-0.25, -0.2) is 13.2 Å². The minimum Gasteiger partial charge on any atom is -0.478 e. The number of allylic oxidation sites excluding steroid dienone is 1. The van der Waals surface area contributed by atoms with Crippen LogP contribution in [0.15, 0.2) is 35.2 Å². The van der Waals surface area contributed by atoms with Gasteiger partial charge in [0.15, 0.2) is 0 Å². The summed E-state index contributed by atoms with van der Waals surface area (Å²) < 4.78 is 33.1. The first-order valence-corrected chi connectivity index (χ1v) is 10.8. The number of aryl methyl sites for hydroxylation is 1. The highest BCUT2D eigenvalue weighted by Gasteiger charge is 2.48. The molecule has 152 valence electrons. The van der Waals surface area contributed by atoms with Crippen LogP contribution in [-0.4, -0.2) is 49.5 Å². The molecule has 1 aliphatic carbocycles.